The molecule has 4 aliphatic carbocycles. The molecule has 9 atom stereocenters. The van der Waals surface area contributed by atoms with Crippen molar-refractivity contribution in [1.82, 2.24) is 0 Å². The van der Waals surface area contributed by atoms with Crippen LogP contribution in [-0.4, -0.2) is 30.6 Å². The summed E-state index contributed by atoms with van der Waals surface area (Å²) in [7, 11) is 0. The van der Waals surface area contributed by atoms with Crippen LogP contribution in [0, 0.1) is 40.4 Å². The SMILES string of the molecule is CC(=O)OC[C@@H](C)C1CCC2C3C(CC[C@@]21C)[C@@]1(C)CCC(=O)C=C1[C@H]1O[C@@H]31. The van der Waals surface area contributed by atoms with Crippen molar-refractivity contribution in [3.8, 4) is 0 Å². The van der Waals surface area contributed by atoms with Gasteiger partial charge in [-0.25, -0.2) is 0 Å². The summed E-state index contributed by atoms with van der Waals surface area (Å²) in [5.74, 6) is 3.13. The summed E-state index contributed by atoms with van der Waals surface area (Å²) < 4.78 is 11.6. The Bertz CT molecular complexity index is 741. The Morgan fingerprint density at radius 2 is 2.04 bits per heavy atom. The van der Waals surface area contributed by atoms with Gasteiger partial charge in [0, 0.05) is 13.3 Å². The Morgan fingerprint density at radius 3 is 2.79 bits per heavy atom. The first-order valence-corrected chi connectivity index (χ1v) is 11.3. The molecule has 0 bridgehead atoms. The highest BCUT2D eigenvalue weighted by Crippen LogP contribution is 2.70. The topological polar surface area (TPSA) is 55.9 Å². The molecule has 0 aromatic heterocycles. The van der Waals surface area contributed by atoms with Gasteiger partial charge in [-0.15, -0.1) is 0 Å². The van der Waals surface area contributed by atoms with Gasteiger partial charge in [0.1, 0.15) is 6.10 Å². The van der Waals surface area contributed by atoms with Gasteiger partial charge < -0.3 is 9.47 Å². The van der Waals surface area contributed by atoms with Crippen molar-refractivity contribution in [1.29, 1.82) is 0 Å². The highest BCUT2D eigenvalue weighted by Gasteiger charge is 2.69. The molecule has 5 rings (SSSR count). The maximum absolute atomic E-state index is 12.1. The summed E-state index contributed by atoms with van der Waals surface area (Å²) in [6.07, 6.45) is 9.18. The number of hydrogen-bond donors (Lipinski definition) is 0. The number of esters is 1. The van der Waals surface area contributed by atoms with Gasteiger partial charge in [0.25, 0.3) is 0 Å². The quantitative estimate of drug-likeness (QED) is 0.535. The summed E-state index contributed by atoms with van der Waals surface area (Å²) in [5.41, 5.74) is 1.79. The number of ketones is 1. The third kappa shape index (κ3) is 2.52. The minimum absolute atomic E-state index is 0.152. The molecule has 0 aromatic rings. The Balaban J connectivity index is 1.42. The van der Waals surface area contributed by atoms with Crippen molar-refractivity contribution < 1.29 is 19.1 Å². The number of epoxide rings is 1. The van der Waals surface area contributed by atoms with Gasteiger partial charge in [0.05, 0.1) is 12.7 Å². The number of carbonyl (C=O) groups is 2. The van der Waals surface area contributed by atoms with Crippen LogP contribution in [0.1, 0.15) is 66.2 Å². The number of ether oxygens (including phenoxy) is 2. The molecule has 4 heteroatoms. The molecular formula is C24H34O4. The van der Waals surface area contributed by atoms with Crippen LogP contribution in [0.15, 0.2) is 11.6 Å². The van der Waals surface area contributed by atoms with Crippen molar-refractivity contribution in [2.24, 2.45) is 40.4 Å². The van der Waals surface area contributed by atoms with Crippen molar-refractivity contribution in [3.63, 3.8) is 0 Å². The van der Waals surface area contributed by atoms with E-state index in [1.165, 1.54) is 38.2 Å². The first-order valence-electron chi connectivity index (χ1n) is 11.3. The van der Waals surface area contributed by atoms with Gasteiger partial charge >= 0.3 is 5.97 Å². The summed E-state index contributed by atoms with van der Waals surface area (Å²) in [5, 5.41) is 0. The number of fused-ring (bicyclic) bond motifs is 8. The highest BCUT2D eigenvalue weighted by atomic mass is 16.6. The van der Waals surface area contributed by atoms with Crippen molar-refractivity contribution in [3.05, 3.63) is 11.6 Å². The van der Waals surface area contributed by atoms with Gasteiger partial charge in [-0.3, -0.25) is 9.59 Å². The van der Waals surface area contributed by atoms with E-state index in [1.54, 1.807) is 0 Å². The molecule has 5 aliphatic rings. The van der Waals surface area contributed by atoms with E-state index < -0.39 is 0 Å². The maximum Gasteiger partial charge on any atom is 0.302 e. The molecule has 1 aliphatic heterocycles. The molecular weight excluding hydrogens is 352 g/mol. The normalized spacial score (nSPS) is 49.9. The Hall–Kier alpha value is -1.16. The Kier molecular flexibility index (Phi) is 4.15. The summed E-state index contributed by atoms with van der Waals surface area (Å²) in [4.78, 5) is 23.4. The van der Waals surface area contributed by atoms with E-state index in [2.05, 4.69) is 20.8 Å². The number of carbonyl (C=O) groups excluding carboxylic acids is 2. The first-order chi connectivity index (χ1) is 13.3. The fourth-order valence-electron chi connectivity index (χ4n) is 8.15. The molecule has 4 fully saturated rings. The molecule has 0 radical (unpaired) electrons. The van der Waals surface area contributed by atoms with E-state index in [4.69, 9.17) is 9.47 Å². The fraction of sp³-hybridized carbons (Fsp3) is 0.833. The maximum atomic E-state index is 12.1. The molecule has 3 saturated carbocycles. The van der Waals surface area contributed by atoms with Crippen LogP contribution in [-0.2, 0) is 19.1 Å². The van der Waals surface area contributed by atoms with Crippen LogP contribution in [0.4, 0.5) is 0 Å². The molecule has 4 unspecified atom stereocenters. The lowest BCUT2D eigenvalue weighted by atomic mass is 9.46. The minimum atomic E-state index is -0.171. The van der Waals surface area contributed by atoms with Crippen LogP contribution >= 0.6 is 0 Å². The van der Waals surface area contributed by atoms with Gasteiger partial charge in [-0.05, 0) is 84.2 Å². The minimum Gasteiger partial charge on any atom is -0.466 e. The molecule has 4 nitrogen and oxygen atoms in total. The highest BCUT2D eigenvalue weighted by molar-refractivity contribution is 5.92. The lowest BCUT2D eigenvalue weighted by Crippen LogP contribution is -2.54. The van der Waals surface area contributed by atoms with Gasteiger partial charge in [0.15, 0.2) is 5.78 Å². The first kappa shape index (κ1) is 18.8. The monoisotopic (exact) mass is 386 g/mol. The van der Waals surface area contributed by atoms with E-state index in [1.807, 2.05) is 6.08 Å². The molecule has 0 aromatic carbocycles. The van der Waals surface area contributed by atoms with E-state index in [0.29, 0.717) is 59.9 Å². The zero-order valence-electron chi connectivity index (χ0n) is 17.7. The van der Waals surface area contributed by atoms with Crippen LogP contribution < -0.4 is 0 Å². The second kappa shape index (κ2) is 6.17. The predicted molar refractivity (Wildman–Crippen MR) is 105 cm³/mol. The van der Waals surface area contributed by atoms with Crippen LogP contribution in [0.25, 0.3) is 0 Å². The van der Waals surface area contributed by atoms with E-state index in [-0.39, 0.29) is 17.5 Å². The summed E-state index contributed by atoms with van der Waals surface area (Å²) in [6, 6.07) is 0. The zero-order chi connectivity index (χ0) is 19.8. The largest absolute Gasteiger partial charge is 0.466 e. The standard InChI is InChI=1S/C24H34O4/c1-13(12-27-14(2)25)16-5-6-17-20-18(8-10-23(16,17)3)24(4)9-7-15(26)11-19(24)21-22(20)28-21/h11,13,16-18,20-22H,5-10,12H2,1-4H3/t13-,16?,17?,18?,20?,21-,22+,23-,24-/m1/s1. The third-order valence-electron chi connectivity index (χ3n) is 9.54. The summed E-state index contributed by atoms with van der Waals surface area (Å²) in [6.45, 7) is 9.24. The Labute approximate surface area is 168 Å². The molecule has 0 N–H and O–H groups in total. The van der Waals surface area contributed by atoms with Crippen molar-refractivity contribution >= 4 is 11.8 Å². The second-order valence-electron chi connectivity index (χ2n) is 10.8. The molecule has 1 saturated heterocycles. The predicted octanol–water partition coefficient (Wildman–Crippen LogP) is 4.32. The lowest BCUT2D eigenvalue weighted by Gasteiger charge is -2.57. The van der Waals surface area contributed by atoms with Gasteiger partial charge in [-0.1, -0.05) is 20.8 Å². The average Bonchev–Trinajstić information content (AvgIpc) is 3.35. The fourth-order valence-corrected chi connectivity index (χ4v) is 8.15. The number of rotatable bonds is 3. The Morgan fingerprint density at radius 1 is 1.25 bits per heavy atom. The molecule has 154 valence electrons. The lowest BCUT2D eigenvalue weighted by molar-refractivity contribution is -0.143. The van der Waals surface area contributed by atoms with E-state index in [0.717, 1.165) is 6.42 Å². The van der Waals surface area contributed by atoms with E-state index in [9.17, 15) is 9.59 Å². The average molecular weight is 387 g/mol. The van der Waals surface area contributed by atoms with Gasteiger partial charge in [0.2, 0.25) is 0 Å². The third-order valence-corrected chi connectivity index (χ3v) is 9.54. The zero-order valence-corrected chi connectivity index (χ0v) is 17.7. The second-order valence-corrected chi connectivity index (χ2v) is 10.8. The van der Waals surface area contributed by atoms with Crippen molar-refractivity contribution in [2.45, 2.75) is 78.4 Å². The van der Waals surface area contributed by atoms with Crippen LogP contribution in [0.3, 0.4) is 0 Å². The molecule has 0 amide bonds. The smallest absolute Gasteiger partial charge is 0.302 e. The molecule has 28 heavy (non-hydrogen) atoms. The van der Waals surface area contributed by atoms with Crippen LogP contribution in [0.5, 0.6) is 0 Å². The molecule has 1 heterocycles. The van der Waals surface area contributed by atoms with E-state index >= 15 is 0 Å². The van der Waals surface area contributed by atoms with Crippen molar-refractivity contribution in [2.75, 3.05) is 6.61 Å². The summed E-state index contributed by atoms with van der Waals surface area (Å²) >= 11 is 0. The van der Waals surface area contributed by atoms with Gasteiger partial charge in [-0.2, -0.15) is 0 Å². The molecule has 0 spiro atoms. The van der Waals surface area contributed by atoms with Crippen LogP contribution in [0.2, 0.25) is 0 Å². The number of hydrogen-bond acceptors (Lipinski definition) is 4.